The molecule has 1 heterocycles. The van der Waals surface area contributed by atoms with E-state index in [2.05, 4.69) is 16.8 Å². The van der Waals surface area contributed by atoms with E-state index in [0.29, 0.717) is 6.54 Å². The van der Waals surface area contributed by atoms with Crippen LogP contribution < -0.4 is 10.6 Å². The van der Waals surface area contributed by atoms with Gasteiger partial charge in [-0.25, -0.2) is 0 Å². The zero-order valence-corrected chi connectivity index (χ0v) is 11.4. The van der Waals surface area contributed by atoms with E-state index in [-0.39, 0.29) is 16.7 Å². The van der Waals surface area contributed by atoms with Crippen molar-refractivity contribution >= 4 is 11.4 Å². The molecule has 6 nitrogen and oxygen atoms in total. The van der Waals surface area contributed by atoms with Crippen LogP contribution in [0, 0.1) is 17.0 Å². The van der Waals surface area contributed by atoms with Gasteiger partial charge in [0.15, 0.2) is 0 Å². The first-order valence-corrected chi connectivity index (χ1v) is 6.43. The molecule has 1 atom stereocenters. The number of nitro benzene ring substituents is 1. The Labute approximate surface area is 112 Å². The third-order valence-electron chi connectivity index (χ3n) is 3.67. The Morgan fingerprint density at radius 2 is 2.21 bits per heavy atom. The van der Waals surface area contributed by atoms with Gasteiger partial charge in [0.1, 0.15) is 0 Å². The third kappa shape index (κ3) is 2.85. The molecule has 0 amide bonds. The number of hydrogen-bond acceptors (Lipinski definition) is 5. The Morgan fingerprint density at radius 1 is 1.47 bits per heavy atom. The topological polar surface area (TPSA) is 75.6 Å². The lowest BCUT2D eigenvalue weighted by Crippen LogP contribution is -2.55. The number of aryl methyl sites for hydroxylation is 1. The monoisotopic (exact) mass is 264 g/mol. The van der Waals surface area contributed by atoms with E-state index in [0.717, 1.165) is 30.9 Å². The van der Waals surface area contributed by atoms with Gasteiger partial charge in [0.05, 0.1) is 11.0 Å². The van der Waals surface area contributed by atoms with Gasteiger partial charge in [0.25, 0.3) is 5.69 Å². The van der Waals surface area contributed by atoms with Gasteiger partial charge in [-0.3, -0.25) is 10.1 Å². The maximum Gasteiger partial charge on any atom is 0.271 e. The van der Waals surface area contributed by atoms with Crippen LogP contribution in [-0.4, -0.2) is 49.1 Å². The standard InChI is InChI=1S/C13H20N4O2/c1-10-3-4-11(17(18)19)7-13(10)16-6-5-15(2)9-12(16)8-14/h3-4,7,12H,5-6,8-9,14H2,1-2H3. The molecule has 1 saturated heterocycles. The Balaban J connectivity index is 2.34. The van der Waals surface area contributed by atoms with Crippen LogP contribution >= 0.6 is 0 Å². The summed E-state index contributed by atoms with van der Waals surface area (Å²) in [5.74, 6) is 0. The van der Waals surface area contributed by atoms with Crippen molar-refractivity contribution in [3.63, 3.8) is 0 Å². The lowest BCUT2D eigenvalue weighted by atomic mass is 10.1. The Morgan fingerprint density at radius 3 is 2.84 bits per heavy atom. The summed E-state index contributed by atoms with van der Waals surface area (Å²) in [5, 5.41) is 10.9. The number of rotatable bonds is 3. The van der Waals surface area contributed by atoms with Crippen molar-refractivity contribution < 1.29 is 4.92 Å². The number of nitrogens with zero attached hydrogens (tertiary/aromatic N) is 3. The molecule has 0 bridgehead atoms. The summed E-state index contributed by atoms with van der Waals surface area (Å²) in [6, 6.07) is 5.22. The van der Waals surface area contributed by atoms with Crippen LogP contribution in [0.25, 0.3) is 0 Å². The van der Waals surface area contributed by atoms with E-state index < -0.39 is 0 Å². The summed E-state index contributed by atoms with van der Waals surface area (Å²) in [7, 11) is 2.07. The summed E-state index contributed by atoms with van der Waals surface area (Å²) < 4.78 is 0. The van der Waals surface area contributed by atoms with Crippen molar-refractivity contribution in [2.24, 2.45) is 5.73 Å². The average Bonchev–Trinajstić information content (AvgIpc) is 2.39. The highest BCUT2D eigenvalue weighted by molar-refractivity contribution is 5.59. The number of nitro groups is 1. The van der Waals surface area contributed by atoms with Crippen LogP contribution in [-0.2, 0) is 0 Å². The SMILES string of the molecule is Cc1ccc([N+](=O)[O-])cc1N1CCN(C)CC1CN. The second-order valence-electron chi connectivity index (χ2n) is 5.07. The summed E-state index contributed by atoms with van der Waals surface area (Å²) >= 11 is 0. The van der Waals surface area contributed by atoms with Crippen molar-refractivity contribution in [1.82, 2.24) is 4.90 Å². The van der Waals surface area contributed by atoms with Crippen LogP contribution in [0.1, 0.15) is 5.56 Å². The van der Waals surface area contributed by atoms with E-state index in [1.807, 2.05) is 6.92 Å². The molecule has 19 heavy (non-hydrogen) atoms. The van der Waals surface area contributed by atoms with Crippen LogP contribution in [0.2, 0.25) is 0 Å². The number of nitrogens with two attached hydrogens (primary N) is 1. The minimum atomic E-state index is -0.351. The van der Waals surface area contributed by atoms with Crippen molar-refractivity contribution in [2.45, 2.75) is 13.0 Å². The van der Waals surface area contributed by atoms with Gasteiger partial charge in [-0.15, -0.1) is 0 Å². The van der Waals surface area contributed by atoms with Crippen LogP contribution in [0.4, 0.5) is 11.4 Å². The predicted molar refractivity (Wildman–Crippen MR) is 75.5 cm³/mol. The van der Waals surface area contributed by atoms with Crippen molar-refractivity contribution in [3.05, 3.63) is 33.9 Å². The highest BCUT2D eigenvalue weighted by atomic mass is 16.6. The maximum atomic E-state index is 10.9. The van der Waals surface area contributed by atoms with E-state index in [1.54, 1.807) is 18.2 Å². The summed E-state index contributed by atoms with van der Waals surface area (Å²) in [5.41, 5.74) is 7.95. The molecule has 2 N–H and O–H groups in total. The molecule has 1 aliphatic rings. The molecule has 1 unspecified atom stereocenters. The van der Waals surface area contributed by atoms with Gasteiger partial charge < -0.3 is 15.5 Å². The second kappa shape index (κ2) is 5.54. The molecule has 1 aromatic rings. The number of benzene rings is 1. The normalized spacial score (nSPS) is 20.6. The molecule has 6 heteroatoms. The highest BCUT2D eigenvalue weighted by Crippen LogP contribution is 2.28. The van der Waals surface area contributed by atoms with Crippen LogP contribution in [0.5, 0.6) is 0 Å². The summed E-state index contributed by atoms with van der Waals surface area (Å²) in [6.07, 6.45) is 0. The van der Waals surface area contributed by atoms with Gasteiger partial charge >= 0.3 is 0 Å². The molecule has 2 rings (SSSR count). The quantitative estimate of drug-likeness (QED) is 0.650. The average molecular weight is 264 g/mol. The maximum absolute atomic E-state index is 10.9. The molecule has 0 aromatic heterocycles. The van der Waals surface area contributed by atoms with E-state index in [1.165, 1.54) is 0 Å². The molecule has 0 radical (unpaired) electrons. The van der Waals surface area contributed by atoms with Crippen molar-refractivity contribution in [3.8, 4) is 0 Å². The second-order valence-corrected chi connectivity index (χ2v) is 5.07. The zero-order chi connectivity index (χ0) is 14.0. The number of non-ortho nitro benzene ring substituents is 1. The lowest BCUT2D eigenvalue weighted by molar-refractivity contribution is -0.384. The van der Waals surface area contributed by atoms with Gasteiger partial charge in [0.2, 0.25) is 0 Å². The molecule has 1 aliphatic heterocycles. The smallest absolute Gasteiger partial charge is 0.271 e. The molecule has 0 saturated carbocycles. The first kappa shape index (κ1) is 13.8. The number of piperazine rings is 1. The van der Waals surface area contributed by atoms with Gasteiger partial charge in [-0.1, -0.05) is 6.07 Å². The van der Waals surface area contributed by atoms with Crippen molar-refractivity contribution in [2.75, 3.05) is 38.1 Å². The largest absolute Gasteiger partial charge is 0.364 e. The van der Waals surface area contributed by atoms with Gasteiger partial charge in [0, 0.05) is 44.0 Å². The Hall–Kier alpha value is -1.66. The molecular weight excluding hydrogens is 244 g/mol. The van der Waals surface area contributed by atoms with E-state index in [9.17, 15) is 10.1 Å². The van der Waals surface area contributed by atoms with Crippen LogP contribution in [0.15, 0.2) is 18.2 Å². The molecule has 1 aromatic carbocycles. The van der Waals surface area contributed by atoms with Crippen LogP contribution in [0.3, 0.4) is 0 Å². The molecule has 1 fully saturated rings. The summed E-state index contributed by atoms with van der Waals surface area (Å²) in [6.45, 7) is 5.20. The fraction of sp³-hybridized carbons (Fsp3) is 0.538. The number of hydrogen-bond donors (Lipinski definition) is 1. The predicted octanol–water partition coefficient (Wildman–Crippen LogP) is 0.982. The Kier molecular flexibility index (Phi) is 4.01. The minimum Gasteiger partial charge on any atom is -0.364 e. The van der Waals surface area contributed by atoms with E-state index >= 15 is 0 Å². The molecular formula is C13H20N4O2. The molecule has 0 aliphatic carbocycles. The third-order valence-corrected chi connectivity index (χ3v) is 3.67. The molecule has 0 spiro atoms. The first-order valence-electron chi connectivity index (χ1n) is 6.43. The van der Waals surface area contributed by atoms with Gasteiger partial charge in [-0.2, -0.15) is 0 Å². The van der Waals surface area contributed by atoms with Crippen molar-refractivity contribution in [1.29, 1.82) is 0 Å². The minimum absolute atomic E-state index is 0.135. The van der Waals surface area contributed by atoms with E-state index in [4.69, 9.17) is 5.73 Å². The first-order chi connectivity index (χ1) is 9.02. The fourth-order valence-corrected chi connectivity index (χ4v) is 2.55. The fourth-order valence-electron chi connectivity index (χ4n) is 2.55. The zero-order valence-electron chi connectivity index (χ0n) is 11.4. The number of anilines is 1. The van der Waals surface area contributed by atoms with Gasteiger partial charge in [-0.05, 0) is 19.5 Å². The summed E-state index contributed by atoms with van der Waals surface area (Å²) in [4.78, 5) is 15.0. The Bertz CT molecular complexity index is 478. The number of likely N-dealkylation sites (N-methyl/N-ethyl adjacent to an activating group) is 1. The lowest BCUT2D eigenvalue weighted by Gasteiger charge is -2.41. The molecule has 104 valence electrons. The highest BCUT2D eigenvalue weighted by Gasteiger charge is 2.26.